The minimum atomic E-state index is -0.275. The van der Waals surface area contributed by atoms with Crippen molar-refractivity contribution in [3.05, 3.63) is 17.5 Å². The fourth-order valence-electron chi connectivity index (χ4n) is 3.34. The molecule has 0 fully saturated rings. The largest absolute Gasteiger partial charge is 0.343 e. The summed E-state index contributed by atoms with van der Waals surface area (Å²) in [6.45, 7) is 8.85. The zero-order valence-corrected chi connectivity index (χ0v) is 15.5. The average molecular weight is 331 g/mol. The van der Waals surface area contributed by atoms with Gasteiger partial charge in [0.25, 0.3) is 0 Å². The molecule has 1 aromatic rings. The minimum absolute atomic E-state index is 0.0283. The number of carbonyl (C=O) groups is 1. The van der Waals surface area contributed by atoms with Crippen LogP contribution in [-0.2, 0) is 16.8 Å². The molecule has 0 radical (unpaired) electrons. The van der Waals surface area contributed by atoms with Crippen LogP contribution in [0.1, 0.15) is 64.3 Å². The zero-order valence-electron chi connectivity index (χ0n) is 15.5. The van der Waals surface area contributed by atoms with Crippen LogP contribution in [0.4, 0.5) is 0 Å². The highest BCUT2D eigenvalue weighted by molar-refractivity contribution is 5.81. The molecule has 0 bridgehead atoms. The Morgan fingerprint density at radius 2 is 2.29 bits per heavy atom. The Morgan fingerprint density at radius 3 is 2.92 bits per heavy atom. The summed E-state index contributed by atoms with van der Waals surface area (Å²) in [4.78, 5) is 14.1. The first kappa shape index (κ1) is 18.5. The fourth-order valence-corrected chi connectivity index (χ4v) is 3.34. The third-order valence-corrected chi connectivity index (χ3v) is 4.58. The number of aromatic nitrogens is 2. The Kier molecular flexibility index (Phi) is 5.66. The van der Waals surface area contributed by atoms with E-state index >= 15 is 0 Å². The van der Waals surface area contributed by atoms with Gasteiger partial charge in [-0.15, -0.1) is 0 Å². The summed E-state index contributed by atoms with van der Waals surface area (Å²) < 4.78 is 2.11. The van der Waals surface area contributed by atoms with Gasteiger partial charge in [-0.3, -0.25) is 14.8 Å². The molecule has 6 nitrogen and oxygen atoms in total. The molecule has 2 atom stereocenters. The third-order valence-electron chi connectivity index (χ3n) is 4.58. The molecule has 24 heavy (non-hydrogen) atoms. The van der Waals surface area contributed by atoms with E-state index in [2.05, 4.69) is 41.9 Å². The molecule has 1 amide bonds. The number of amides is 1. The van der Waals surface area contributed by atoms with Gasteiger partial charge in [0.15, 0.2) is 0 Å². The van der Waals surface area contributed by atoms with E-state index in [0.29, 0.717) is 13.0 Å². The zero-order chi connectivity index (χ0) is 17.9. The SMILES string of the molecule is C[C@H](N[C@@H]1CCCc2c1cnn2C(C)(C)C)C(=O)N(C)CCC#N. The van der Waals surface area contributed by atoms with Crippen LogP contribution in [0.2, 0.25) is 0 Å². The summed E-state index contributed by atoms with van der Waals surface area (Å²) >= 11 is 0. The number of likely N-dealkylation sites (N-methyl/N-ethyl adjacent to an activating group) is 1. The maximum atomic E-state index is 12.4. The molecule has 1 aliphatic carbocycles. The van der Waals surface area contributed by atoms with Crippen LogP contribution in [0.3, 0.4) is 0 Å². The molecule has 0 saturated carbocycles. The van der Waals surface area contributed by atoms with E-state index < -0.39 is 0 Å². The van der Waals surface area contributed by atoms with Gasteiger partial charge in [-0.2, -0.15) is 10.4 Å². The normalized spacial score (nSPS) is 18.6. The molecule has 0 unspecified atom stereocenters. The van der Waals surface area contributed by atoms with Crippen molar-refractivity contribution in [3.63, 3.8) is 0 Å². The highest BCUT2D eigenvalue weighted by atomic mass is 16.2. The van der Waals surface area contributed by atoms with Crippen molar-refractivity contribution < 1.29 is 4.79 Å². The standard InChI is InChI=1S/C18H29N5O/c1-13(17(24)22(5)11-7-10-19)21-15-8-6-9-16-14(15)12-20-23(16)18(2,3)4/h12-13,15,21H,6-9,11H2,1-5H3/t13-,15+/m0/s1. The summed E-state index contributed by atoms with van der Waals surface area (Å²) in [6.07, 6.45) is 5.46. The van der Waals surface area contributed by atoms with E-state index in [9.17, 15) is 4.79 Å². The second kappa shape index (κ2) is 7.35. The number of carbonyl (C=O) groups excluding carboxylic acids is 1. The summed E-state index contributed by atoms with van der Waals surface area (Å²) in [7, 11) is 1.75. The predicted molar refractivity (Wildman–Crippen MR) is 93.4 cm³/mol. The lowest BCUT2D eigenvalue weighted by Crippen LogP contribution is -2.45. The molecular formula is C18H29N5O. The van der Waals surface area contributed by atoms with Gasteiger partial charge >= 0.3 is 0 Å². The maximum absolute atomic E-state index is 12.4. The molecule has 1 aliphatic rings. The van der Waals surface area contributed by atoms with Crippen molar-refractivity contribution in [2.24, 2.45) is 0 Å². The van der Waals surface area contributed by atoms with Gasteiger partial charge in [0.1, 0.15) is 0 Å². The molecule has 2 rings (SSSR count). The fraction of sp³-hybridized carbons (Fsp3) is 0.722. The topological polar surface area (TPSA) is 74.0 Å². The lowest BCUT2D eigenvalue weighted by Gasteiger charge is -2.30. The van der Waals surface area contributed by atoms with Crippen molar-refractivity contribution in [1.29, 1.82) is 5.26 Å². The van der Waals surface area contributed by atoms with Gasteiger partial charge in [-0.1, -0.05) is 0 Å². The number of fused-ring (bicyclic) bond motifs is 1. The van der Waals surface area contributed by atoms with Crippen molar-refractivity contribution in [2.75, 3.05) is 13.6 Å². The molecule has 1 aromatic heterocycles. The van der Waals surface area contributed by atoms with E-state index in [1.54, 1.807) is 11.9 Å². The highest BCUT2D eigenvalue weighted by Gasteiger charge is 2.30. The van der Waals surface area contributed by atoms with E-state index in [-0.39, 0.29) is 23.5 Å². The molecule has 0 saturated heterocycles. The molecule has 0 aromatic carbocycles. The van der Waals surface area contributed by atoms with E-state index in [0.717, 1.165) is 19.3 Å². The van der Waals surface area contributed by atoms with E-state index in [1.807, 2.05) is 13.1 Å². The number of nitrogens with one attached hydrogen (secondary N) is 1. The molecular weight excluding hydrogens is 302 g/mol. The second-order valence-electron chi connectivity index (χ2n) is 7.63. The van der Waals surface area contributed by atoms with Crippen LogP contribution in [0.25, 0.3) is 0 Å². The number of hydrogen-bond acceptors (Lipinski definition) is 4. The van der Waals surface area contributed by atoms with Crippen molar-refractivity contribution >= 4 is 5.91 Å². The Balaban J connectivity index is 2.09. The molecule has 1 N–H and O–H groups in total. The van der Waals surface area contributed by atoms with Crippen LogP contribution in [-0.4, -0.2) is 40.2 Å². The number of nitrogens with zero attached hydrogens (tertiary/aromatic N) is 4. The lowest BCUT2D eigenvalue weighted by molar-refractivity contribution is -0.131. The third kappa shape index (κ3) is 3.96. The summed E-state index contributed by atoms with van der Waals surface area (Å²) in [5.74, 6) is 0.0283. The van der Waals surface area contributed by atoms with Crippen LogP contribution in [0.5, 0.6) is 0 Å². The van der Waals surface area contributed by atoms with E-state index in [1.165, 1.54) is 11.3 Å². The highest BCUT2D eigenvalue weighted by Crippen LogP contribution is 2.32. The first-order valence-electron chi connectivity index (χ1n) is 8.71. The molecule has 132 valence electrons. The van der Waals surface area contributed by atoms with Crippen LogP contribution in [0, 0.1) is 11.3 Å². The first-order valence-corrected chi connectivity index (χ1v) is 8.71. The minimum Gasteiger partial charge on any atom is -0.343 e. The van der Waals surface area contributed by atoms with Gasteiger partial charge < -0.3 is 4.90 Å². The summed E-state index contributed by atoms with van der Waals surface area (Å²) in [5.41, 5.74) is 2.47. The maximum Gasteiger partial charge on any atom is 0.239 e. The molecule has 1 heterocycles. The van der Waals surface area contributed by atoms with Crippen LogP contribution >= 0.6 is 0 Å². The number of rotatable bonds is 5. The molecule has 0 aliphatic heterocycles. The number of nitriles is 1. The van der Waals surface area contributed by atoms with Gasteiger partial charge in [0, 0.05) is 30.9 Å². The number of hydrogen-bond donors (Lipinski definition) is 1. The lowest BCUT2D eigenvalue weighted by atomic mass is 9.91. The smallest absolute Gasteiger partial charge is 0.239 e. The quantitative estimate of drug-likeness (QED) is 0.899. The Labute approximate surface area is 144 Å². The summed E-state index contributed by atoms with van der Waals surface area (Å²) in [6, 6.07) is 1.96. The first-order chi connectivity index (χ1) is 11.3. The Hall–Kier alpha value is -1.87. The van der Waals surface area contributed by atoms with Gasteiger partial charge in [0.05, 0.1) is 30.3 Å². The van der Waals surface area contributed by atoms with E-state index in [4.69, 9.17) is 5.26 Å². The van der Waals surface area contributed by atoms with Gasteiger partial charge in [0.2, 0.25) is 5.91 Å². The molecule has 0 spiro atoms. The van der Waals surface area contributed by atoms with Gasteiger partial charge in [-0.05, 0) is 47.0 Å². The second-order valence-corrected chi connectivity index (χ2v) is 7.63. The van der Waals surface area contributed by atoms with Gasteiger partial charge in [-0.25, -0.2) is 0 Å². The Morgan fingerprint density at radius 1 is 1.58 bits per heavy atom. The Bertz CT molecular complexity index is 622. The van der Waals surface area contributed by atoms with Crippen molar-refractivity contribution in [1.82, 2.24) is 20.0 Å². The van der Waals surface area contributed by atoms with Crippen LogP contribution < -0.4 is 5.32 Å². The van der Waals surface area contributed by atoms with Crippen molar-refractivity contribution in [3.8, 4) is 6.07 Å². The average Bonchev–Trinajstić information content (AvgIpc) is 2.97. The monoisotopic (exact) mass is 331 g/mol. The van der Waals surface area contributed by atoms with Crippen molar-refractivity contribution in [2.45, 2.75) is 71.0 Å². The predicted octanol–water partition coefficient (Wildman–Crippen LogP) is 2.37. The van der Waals surface area contributed by atoms with Crippen LogP contribution in [0.15, 0.2) is 6.20 Å². The molecule has 6 heteroatoms. The summed E-state index contributed by atoms with van der Waals surface area (Å²) in [5, 5.41) is 16.7.